The fraction of sp³-hybridized carbons (Fsp3) is 0.294. The van der Waals surface area contributed by atoms with Gasteiger partial charge in [-0.15, -0.1) is 0 Å². The number of amides is 2. The number of benzene rings is 1. The van der Waals surface area contributed by atoms with Crippen LogP contribution in [0.25, 0.3) is 0 Å². The number of carbonyl (C=O) groups excluding carboxylic acids is 2. The van der Waals surface area contributed by atoms with Gasteiger partial charge >= 0.3 is 0 Å². The molecular formula is C17H16Cl2N2O3. The average Bonchev–Trinajstić information content (AvgIpc) is 3.12. The maximum atomic E-state index is 12.5. The van der Waals surface area contributed by atoms with E-state index in [2.05, 4.69) is 5.32 Å². The van der Waals surface area contributed by atoms with Crippen molar-refractivity contribution in [1.82, 2.24) is 4.90 Å². The van der Waals surface area contributed by atoms with E-state index in [0.717, 1.165) is 12.8 Å². The van der Waals surface area contributed by atoms with Crippen LogP contribution in [-0.2, 0) is 4.79 Å². The zero-order valence-corrected chi connectivity index (χ0v) is 14.3. The van der Waals surface area contributed by atoms with Crippen LogP contribution in [0.5, 0.6) is 0 Å². The largest absolute Gasteiger partial charge is 0.472 e. The fourth-order valence-electron chi connectivity index (χ4n) is 2.77. The lowest BCUT2D eigenvalue weighted by Crippen LogP contribution is -2.43. The highest BCUT2D eigenvalue weighted by molar-refractivity contribution is 6.35. The molecule has 126 valence electrons. The fourth-order valence-corrected chi connectivity index (χ4v) is 3.11. The van der Waals surface area contributed by atoms with E-state index in [1.165, 1.54) is 12.5 Å². The number of furan rings is 1. The number of hydrogen-bond acceptors (Lipinski definition) is 3. The second-order valence-corrected chi connectivity index (χ2v) is 6.56. The van der Waals surface area contributed by atoms with Crippen LogP contribution in [0.4, 0.5) is 5.69 Å². The monoisotopic (exact) mass is 366 g/mol. The Morgan fingerprint density at radius 3 is 2.83 bits per heavy atom. The standard InChI is InChI=1S/C17H16Cl2N2O3/c18-13-3-4-14(19)15(8-13)20-16(22)11-2-1-6-21(9-11)17(23)12-5-7-24-10-12/h3-5,7-8,10-11H,1-2,6,9H2,(H,20,22)/t11-/m0/s1. The van der Waals surface area contributed by atoms with E-state index in [4.69, 9.17) is 27.6 Å². The van der Waals surface area contributed by atoms with Crippen LogP contribution in [0, 0.1) is 5.92 Å². The predicted octanol–water partition coefficient (Wildman–Crippen LogP) is 4.08. The van der Waals surface area contributed by atoms with Crippen LogP contribution >= 0.6 is 23.2 Å². The van der Waals surface area contributed by atoms with Crippen molar-refractivity contribution in [3.05, 3.63) is 52.4 Å². The van der Waals surface area contributed by atoms with Crippen molar-refractivity contribution in [3.63, 3.8) is 0 Å². The Morgan fingerprint density at radius 1 is 1.25 bits per heavy atom. The van der Waals surface area contributed by atoms with Gasteiger partial charge < -0.3 is 14.6 Å². The van der Waals surface area contributed by atoms with Crippen LogP contribution in [0.3, 0.4) is 0 Å². The lowest BCUT2D eigenvalue weighted by molar-refractivity contribution is -0.121. The summed E-state index contributed by atoms with van der Waals surface area (Å²) in [5.41, 5.74) is 0.974. The number of likely N-dealkylation sites (tertiary alicyclic amines) is 1. The first-order chi connectivity index (χ1) is 11.5. The number of halogens is 2. The summed E-state index contributed by atoms with van der Waals surface area (Å²) in [7, 11) is 0. The summed E-state index contributed by atoms with van der Waals surface area (Å²) >= 11 is 12.0. The van der Waals surface area contributed by atoms with Crippen LogP contribution in [0.1, 0.15) is 23.2 Å². The molecule has 0 unspecified atom stereocenters. The highest BCUT2D eigenvalue weighted by Crippen LogP contribution is 2.27. The van der Waals surface area contributed by atoms with E-state index >= 15 is 0 Å². The molecule has 0 radical (unpaired) electrons. The molecule has 3 rings (SSSR count). The molecule has 1 saturated heterocycles. The van der Waals surface area contributed by atoms with Gasteiger partial charge in [0.15, 0.2) is 0 Å². The van der Waals surface area contributed by atoms with Crippen LogP contribution < -0.4 is 5.32 Å². The summed E-state index contributed by atoms with van der Waals surface area (Å²) in [5, 5.41) is 3.72. The summed E-state index contributed by atoms with van der Waals surface area (Å²) in [6.45, 7) is 1.000. The molecular weight excluding hydrogens is 351 g/mol. The third-order valence-electron chi connectivity index (χ3n) is 4.03. The number of hydrogen-bond donors (Lipinski definition) is 1. The molecule has 1 atom stereocenters. The second-order valence-electron chi connectivity index (χ2n) is 5.72. The van der Waals surface area contributed by atoms with Crippen molar-refractivity contribution in [2.45, 2.75) is 12.8 Å². The molecule has 0 spiro atoms. The van der Waals surface area contributed by atoms with E-state index in [9.17, 15) is 9.59 Å². The zero-order valence-electron chi connectivity index (χ0n) is 12.8. The number of rotatable bonds is 3. The molecule has 0 aliphatic carbocycles. The molecule has 2 amide bonds. The van der Waals surface area contributed by atoms with Gasteiger partial charge in [0.05, 0.1) is 28.5 Å². The second kappa shape index (κ2) is 7.28. The minimum atomic E-state index is -0.287. The van der Waals surface area contributed by atoms with Gasteiger partial charge in [-0.05, 0) is 37.1 Å². The Hall–Kier alpha value is -1.98. The summed E-state index contributed by atoms with van der Waals surface area (Å²) in [5.74, 6) is -0.574. The van der Waals surface area contributed by atoms with Gasteiger partial charge in [-0.25, -0.2) is 0 Å². The Kier molecular flexibility index (Phi) is 5.11. The number of carbonyl (C=O) groups is 2. The van der Waals surface area contributed by atoms with Crippen molar-refractivity contribution in [2.75, 3.05) is 18.4 Å². The van der Waals surface area contributed by atoms with Crippen molar-refractivity contribution in [1.29, 1.82) is 0 Å². The van der Waals surface area contributed by atoms with Gasteiger partial charge in [0.2, 0.25) is 5.91 Å². The predicted molar refractivity (Wildman–Crippen MR) is 92.4 cm³/mol. The van der Waals surface area contributed by atoms with Gasteiger partial charge in [-0.3, -0.25) is 9.59 Å². The summed E-state index contributed by atoms with van der Waals surface area (Å²) in [4.78, 5) is 26.6. The Balaban J connectivity index is 1.67. The molecule has 1 aromatic carbocycles. The smallest absolute Gasteiger partial charge is 0.257 e. The maximum absolute atomic E-state index is 12.5. The molecule has 24 heavy (non-hydrogen) atoms. The van der Waals surface area contributed by atoms with Gasteiger partial charge in [0.25, 0.3) is 5.91 Å². The van der Waals surface area contributed by atoms with Crippen molar-refractivity contribution < 1.29 is 14.0 Å². The topological polar surface area (TPSA) is 62.6 Å². The van der Waals surface area contributed by atoms with Crippen molar-refractivity contribution >= 4 is 40.7 Å². The lowest BCUT2D eigenvalue weighted by Gasteiger charge is -2.31. The first kappa shape index (κ1) is 16.9. The Labute approximate surface area is 149 Å². The minimum Gasteiger partial charge on any atom is -0.472 e. The van der Waals surface area contributed by atoms with Crippen LogP contribution in [0.2, 0.25) is 10.0 Å². The summed E-state index contributed by atoms with van der Waals surface area (Å²) in [6.07, 6.45) is 4.37. The number of piperidine rings is 1. The van der Waals surface area contributed by atoms with Crippen LogP contribution in [0.15, 0.2) is 41.2 Å². The molecule has 1 aliphatic rings. The van der Waals surface area contributed by atoms with E-state index < -0.39 is 0 Å². The number of nitrogens with one attached hydrogen (secondary N) is 1. The summed E-state index contributed by atoms with van der Waals surface area (Å²) in [6, 6.07) is 6.53. The average molecular weight is 367 g/mol. The van der Waals surface area contributed by atoms with Crippen molar-refractivity contribution in [3.8, 4) is 0 Å². The molecule has 2 aromatic rings. The Bertz CT molecular complexity index is 746. The molecule has 2 heterocycles. The molecule has 0 bridgehead atoms. The number of nitrogens with zero attached hydrogens (tertiary/aromatic N) is 1. The normalized spacial score (nSPS) is 17.6. The van der Waals surface area contributed by atoms with E-state index in [1.807, 2.05) is 0 Å². The molecule has 5 nitrogen and oxygen atoms in total. The van der Waals surface area contributed by atoms with Crippen LogP contribution in [-0.4, -0.2) is 29.8 Å². The summed E-state index contributed by atoms with van der Waals surface area (Å²) < 4.78 is 4.95. The molecule has 0 saturated carbocycles. The lowest BCUT2D eigenvalue weighted by atomic mass is 9.96. The van der Waals surface area contributed by atoms with E-state index in [0.29, 0.717) is 34.4 Å². The molecule has 1 aromatic heterocycles. The first-order valence-electron chi connectivity index (χ1n) is 7.62. The number of anilines is 1. The van der Waals surface area contributed by atoms with Gasteiger partial charge in [-0.1, -0.05) is 23.2 Å². The minimum absolute atomic E-state index is 0.123. The van der Waals surface area contributed by atoms with Gasteiger partial charge in [0.1, 0.15) is 6.26 Å². The zero-order chi connectivity index (χ0) is 17.1. The quantitative estimate of drug-likeness (QED) is 0.889. The SMILES string of the molecule is O=C(Nc1cc(Cl)ccc1Cl)[C@H]1CCCN(C(=O)c2ccoc2)C1. The van der Waals surface area contributed by atoms with Crippen molar-refractivity contribution in [2.24, 2.45) is 5.92 Å². The molecule has 1 N–H and O–H groups in total. The highest BCUT2D eigenvalue weighted by Gasteiger charge is 2.29. The Morgan fingerprint density at radius 2 is 2.08 bits per heavy atom. The van der Waals surface area contributed by atoms with Gasteiger partial charge in [0, 0.05) is 18.1 Å². The molecule has 7 heteroatoms. The first-order valence-corrected chi connectivity index (χ1v) is 8.37. The molecule has 1 aliphatic heterocycles. The van der Waals surface area contributed by atoms with E-state index in [-0.39, 0.29) is 17.7 Å². The maximum Gasteiger partial charge on any atom is 0.257 e. The highest BCUT2D eigenvalue weighted by atomic mass is 35.5. The molecule has 1 fully saturated rings. The third kappa shape index (κ3) is 3.74. The van der Waals surface area contributed by atoms with E-state index in [1.54, 1.807) is 29.2 Å². The third-order valence-corrected chi connectivity index (χ3v) is 4.60. The van der Waals surface area contributed by atoms with Gasteiger partial charge in [-0.2, -0.15) is 0 Å².